The van der Waals surface area contributed by atoms with Gasteiger partial charge in [0.2, 0.25) is 0 Å². The third kappa shape index (κ3) is 2.47. The van der Waals surface area contributed by atoms with Gasteiger partial charge < -0.3 is 5.32 Å². The van der Waals surface area contributed by atoms with Crippen LogP contribution >= 0.6 is 27.3 Å². The van der Waals surface area contributed by atoms with Crippen molar-refractivity contribution in [3.05, 3.63) is 49.6 Å². The molecule has 0 unspecified atom stereocenters. The van der Waals surface area contributed by atoms with Crippen LogP contribution in [0.3, 0.4) is 0 Å². The zero-order chi connectivity index (χ0) is 16.0. The van der Waals surface area contributed by atoms with Gasteiger partial charge in [-0.05, 0) is 46.8 Å². The minimum atomic E-state index is -0.407. The van der Waals surface area contributed by atoms with Crippen LogP contribution in [-0.2, 0) is 12.8 Å². The number of rotatable bonds is 3. The van der Waals surface area contributed by atoms with E-state index in [1.807, 2.05) is 0 Å². The number of aromatic nitrogens is 2. The number of nitrogens with one attached hydrogen (secondary N) is 1. The molecule has 6 nitrogen and oxygen atoms in total. The smallest absolute Gasteiger partial charge is 0.271 e. The zero-order valence-corrected chi connectivity index (χ0v) is 14.3. The van der Waals surface area contributed by atoms with E-state index >= 15 is 0 Å². The first-order valence-electron chi connectivity index (χ1n) is 7.09. The average Bonchev–Trinajstić information content (AvgIpc) is 3.10. The van der Waals surface area contributed by atoms with Crippen LogP contribution in [-0.4, -0.2) is 14.9 Å². The Balaban J connectivity index is 1.82. The fourth-order valence-electron chi connectivity index (χ4n) is 2.87. The number of nitro benzene ring substituents is 1. The first-order chi connectivity index (χ1) is 11.1. The van der Waals surface area contributed by atoms with E-state index in [-0.39, 0.29) is 5.69 Å². The Kier molecular flexibility index (Phi) is 3.50. The fraction of sp³-hybridized carbons (Fsp3) is 0.200. The van der Waals surface area contributed by atoms with Crippen LogP contribution in [0, 0.1) is 10.1 Å². The fourth-order valence-corrected chi connectivity index (χ4v) is 4.45. The van der Waals surface area contributed by atoms with Gasteiger partial charge in [0.25, 0.3) is 5.69 Å². The summed E-state index contributed by atoms with van der Waals surface area (Å²) in [6.07, 6.45) is 4.82. The molecule has 4 rings (SSSR count). The molecule has 1 aromatic carbocycles. The van der Waals surface area contributed by atoms with Crippen LogP contribution in [0.2, 0.25) is 0 Å². The van der Waals surface area contributed by atoms with E-state index in [0.717, 1.165) is 34.0 Å². The van der Waals surface area contributed by atoms with Crippen LogP contribution in [0.4, 0.5) is 17.2 Å². The van der Waals surface area contributed by atoms with Gasteiger partial charge in [0.15, 0.2) is 0 Å². The Morgan fingerprint density at radius 2 is 2.17 bits per heavy atom. The predicted octanol–water partition coefficient (Wildman–Crippen LogP) is 4.59. The lowest BCUT2D eigenvalue weighted by Crippen LogP contribution is -1.98. The Bertz CT molecular complexity index is 941. The Labute approximate surface area is 143 Å². The van der Waals surface area contributed by atoms with Gasteiger partial charge in [-0.15, -0.1) is 11.3 Å². The van der Waals surface area contributed by atoms with Gasteiger partial charge in [-0.3, -0.25) is 10.1 Å². The van der Waals surface area contributed by atoms with Gasteiger partial charge in [-0.1, -0.05) is 0 Å². The van der Waals surface area contributed by atoms with Crippen molar-refractivity contribution < 1.29 is 4.92 Å². The molecule has 0 spiro atoms. The van der Waals surface area contributed by atoms with Crippen LogP contribution < -0.4 is 5.32 Å². The van der Waals surface area contributed by atoms with Crippen LogP contribution in [0.25, 0.3) is 10.2 Å². The van der Waals surface area contributed by atoms with Crippen LogP contribution in [0.15, 0.2) is 29.0 Å². The predicted molar refractivity (Wildman–Crippen MR) is 93.5 cm³/mol. The highest BCUT2D eigenvalue weighted by atomic mass is 79.9. The first kappa shape index (κ1) is 14.5. The molecule has 2 aromatic heterocycles. The number of non-ortho nitro benzene ring substituents is 1. The van der Waals surface area contributed by atoms with Crippen molar-refractivity contribution in [2.45, 2.75) is 19.3 Å². The molecule has 23 heavy (non-hydrogen) atoms. The normalized spacial score (nSPS) is 13.3. The molecule has 1 N–H and O–H groups in total. The highest BCUT2D eigenvalue weighted by Crippen LogP contribution is 2.40. The molecule has 2 heterocycles. The van der Waals surface area contributed by atoms with Gasteiger partial charge in [0, 0.05) is 21.5 Å². The highest BCUT2D eigenvalue weighted by molar-refractivity contribution is 9.10. The molecule has 0 aliphatic heterocycles. The Hall–Kier alpha value is -2.06. The molecule has 116 valence electrons. The van der Waals surface area contributed by atoms with Crippen molar-refractivity contribution in [1.29, 1.82) is 0 Å². The number of benzene rings is 1. The number of aryl methyl sites for hydroxylation is 2. The second kappa shape index (κ2) is 5.54. The molecule has 0 bridgehead atoms. The first-order valence-corrected chi connectivity index (χ1v) is 8.70. The molecule has 8 heteroatoms. The number of hydrogen-bond donors (Lipinski definition) is 1. The summed E-state index contributed by atoms with van der Waals surface area (Å²) < 4.78 is 0.752. The summed E-state index contributed by atoms with van der Waals surface area (Å²) in [5.41, 5.74) is 1.98. The van der Waals surface area contributed by atoms with E-state index in [4.69, 9.17) is 0 Å². The van der Waals surface area contributed by atoms with Crippen molar-refractivity contribution >= 4 is 54.7 Å². The topological polar surface area (TPSA) is 81.0 Å². The number of fused-ring (bicyclic) bond motifs is 3. The van der Waals surface area contributed by atoms with E-state index < -0.39 is 4.92 Å². The summed E-state index contributed by atoms with van der Waals surface area (Å²) in [4.78, 5) is 21.6. The summed E-state index contributed by atoms with van der Waals surface area (Å²) in [6.45, 7) is 0. The Morgan fingerprint density at radius 1 is 1.30 bits per heavy atom. The SMILES string of the molecule is O=[N+]([O-])c1ccc(Br)c(Nc2ncnc3sc4c(c23)CCC4)c1. The van der Waals surface area contributed by atoms with Gasteiger partial charge in [-0.2, -0.15) is 0 Å². The van der Waals surface area contributed by atoms with Gasteiger partial charge in [0.05, 0.1) is 16.0 Å². The van der Waals surface area contributed by atoms with E-state index in [1.54, 1.807) is 17.4 Å². The summed E-state index contributed by atoms with van der Waals surface area (Å²) >= 11 is 5.14. The summed E-state index contributed by atoms with van der Waals surface area (Å²) in [5.74, 6) is 0.704. The minimum absolute atomic E-state index is 0.0385. The number of nitrogens with zero attached hydrogens (tertiary/aromatic N) is 3. The maximum Gasteiger partial charge on any atom is 0.271 e. The van der Waals surface area contributed by atoms with Gasteiger partial charge in [0.1, 0.15) is 17.0 Å². The summed E-state index contributed by atoms with van der Waals surface area (Å²) in [5, 5.41) is 15.3. The van der Waals surface area contributed by atoms with Crippen LogP contribution in [0.5, 0.6) is 0 Å². The Morgan fingerprint density at radius 3 is 3.00 bits per heavy atom. The molecule has 0 radical (unpaired) electrons. The van der Waals surface area contributed by atoms with E-state index in [1.165, 1.54) is 28.9 Å². The molecule has 0 fully saturated rings. The maximum absolute atomic E-state index is 11.0. The lowest BCUT2D eigenvalue weighted by Gasteiger charge is -2.09. The number of thiophene rings is 1. The van der Waals surface area contributed by atoms with Crippen molar-refractivity contribution in [2.75, 3.05) is 5.32 Å². The second-order valence-corrected chi connectivity index (χ2v) is 7.24. The molecule has 1 aliphatic carbocycles. The molecule has 0 saturated heterocycles. The van der Waals surface area contributed by atoms with Crippen molar-refractivity contribution in [3.63, 3.8) is 0 Å². The number of nitro groups is 1. The number of hydrogen-bond acceptors (Lipinski definition) is 6. The third-order valence-electron chi connectivity index (χ3n) is 3.92. The van der Waals surface area contributed by atoms with Gasteiger partial charge in [-0.25, -0.2) is 9.97 Å². The van der Waals surface area contributed by atoms with E-state index in [0.29, 0.717) is 11.5 Å². The summed E-state index contributed by atoms with van der Waals surface area (Å²) in [6, 6.07) is 4.63. The van der Waals surface area contributed by atoms with E-state index in [9.17, 15) is 10.1 Å². The van der Waals surface area contributed by atoms with Crippen LogP contribution in [0.1, 0.15) is 16.9 Å². The number of halogens is 1. The van der Waals surface area contributed by atoms with E-state index in [2.05, 4.69) is 31.2 Å². The lowest BCUT2D eigenvalue weighted by atomic mass is 10.2. The molecule has 0 amide bonds. The lowest BCUT2D eigenvalue weighted by molar-refractivity contribution is -0.384. The van der Waals surface area contributed by atoms with Gasteiger partial charge >= 0.3 is 0 Å². The molecular weight excluding hydrogens is 380 g/mol. The standard InChI is InChI=1S/C15H11BrN4O2S/c16-10-5-4-8(20(21)22)6-11(10)19-14-13-9-2-1-3-12(9)23-15(13)18-7-17-14/h4-7H,1-3H2,(H,17,18,19). The van der Waals surface area contributed by atoms with Crippen molar-refractivity contribution in [2.24, 2.45) is 0 Å². The highest BCUT2D eigenvalue weighted by Gasteiger charge is 2.21. The van der Waals surface area contributed by atoms with Crippen molar-refractivity contribution in [1.82, 2.24) is 9.97 Å². The van der Waals surface area contributed by atoms with Crippen molar-refractivity contribution in [3.8, 4) is 0 Å². The molecule has 0 saturated carbocycles. The third-order valence-corrected chi connectivity index (χ3v) is 5.81. The monoisotopic (exact) mass is 390 g/mol. The second-order valence-electron chi connectivity index (χ2n) is 5.31. The quantitative estimate of drug-likeness (QED) is 0.522. The summed E-state index contributed by atoms with van der Waals surface area (Å²) in [7, 11) is 0. The zero-order valence-electron chi connectivity index (χ0n) is 11.9. The average molecular weight is 391 g/mol. The molecular formula is C15H11BrN4O2S. The number of anilines is 2. The minimum Gasteiger partial charge on any atom is -0.338 e. The molecule has 0 atom stereocenters. The maximum atomic E-state index is 11.0. The molecule has 1 aliphatic rings. The largest absolute Gasteiger partial charge is 0.338 e. The molecule has 3 aromatic rings.